The maximum atomic E-state index is 4.52. The molecule has 2 nitrogen and oxygen atoms in total. The largest absolute Gasteiger partial charge is 0.241 e. The molecule has 0 unspecified atom stereocenters. The van der Waals surface area contributed by atoms with E-state index in [1.165, 1.54) is 0 Å². The minimum Gasteiger partial charge on any atom is -0.241 e. The van der Waals surface area contributed by atoms with Gasteiger partial charge in [-0.1, -0.05) is 34.1 Å². The first-order valence-electron chi connectivity index (χ1n) is 4.86. The maximum Gasteiger partial charge on any atom is 0.133 e. The van der Waals surface area contributed by atoms with Crippen LogP contribution >= 0.6 is 0 Å². The van der Waals surface area contributed by atoms with Gasteiger partial charge in [-0.3, -0.25) is 0 Å². The van der Waals surface area contributed by atoms with Crippen molar-refractivity contribution in [3.8, 4) is 0 Å². The summed E-state index contributed by atoms with van der Waals surface area (Å²) < 4.78 is 0. The van der Waals surface area contributed by atoms with Crippen molar-refractivity contribution in [2.24, 2.45) is 0 Å². The number of nitrogens with zero attached hydrogens (tertiary/aromatic N) is 2. The Kier molecular flexibility index (Phi) is 3.02. The average Bonchev–Trinajstić information content (AvgIpc) is 2.04. The van der Waals surface area contributed by atoms with E-state index < -0.39 is 0 Å². The Balaban J connectivity index is 2.92. The molecule has 0 N–H and O–H groups in total. The molecule has 1 heterocycles. The molecule has 72 valence electrons. The lowest BCUT2D eigenvalue weighted by Crippen LogP contribution is -2.16. The van der Waals surface area contributed by atoms with Crippen molar-refractivity contribution in [1.29, 1.82) is 0 Å². The molecule has 0 aliphatic carbocycles. The van der Waals surface area contributed by atoms with E-state index in [-0.39, 0.29) is 5.41 Å². The van der Waals surface area contributed by atoms with Crippen LogP contribution < -0.4 is 0 Å². The summed E-state index contributed by atoms with van der Waals surface area (Å²) in [6.45, 7) is 8.58. The predicted octanol–water partition coefficient (Wildman–Crippen LogP) is 2.73. The van der Waals surface area contributed by atoms with Gasteiger partial charge in [0.15, 0.2) is 0 Å². The van der Waals surface area contributed by atoms with Crippen LogP contribution in [0, 0.1) is 0 Å². The second kappa shape index (κ2) is 3.86. The van der Waals surface area contributed by atoms with Gasteiger partial charge in [0.1, 0.15) is 5.82 Å². The van der Waals surface area contributed by atoms with E-state index in [4.69, 9.17) is 0 Å². The smallest absolute Gasteiger partial charge is 0.133 e. The van der Waals surface area contributed by atoms with Gasteiger partial charge in [-0.25, -0.2) is 9.97 Å². The zero-order valence-electron chi connectivity index (χ0n) is 8.96. The van der Waals surface area contributed by atoms with Crippen LogP contribution in [0.3, 0.4) is 0 Å². The van der Waals surface area contributed by atoms with Crippen LogP contribution in [0.4, 0.5) is 0 Å². The van der Waals surface area contributed by atoms with Crippen molar-refractivity contribution >= 4 is 0 Å². The van der Waals surface area contributed by atoms with Crippen molar-refractivity contribution in [3.63, 3.8) is 0 Å². The third-order valence-corrected chi connectivity index (χ3v) is 1.89. The van der Waals surface area contributed by atoms with Crippen molar-refractivity contribution in [2.45, 2.75) is 46.0 Å². The van der Waals surface area contributed by atoms with Gasteiger partial charge in [-0.2, -0.15) is 0 Å². The highest BCUT2D eigenvalue weighted by molar-refractivity contribution is 5.08. The molecule has 0 amide bonds. The molecule has 0 saturated heterocycles. The first-order valence-corrected chi connectivity index (χ1v) is 4.86. The van der Waals surface area contributed by atoms with E-state index in [0.29, 0.717) is 0 Å². The van der Waals surface area contributed by atoms with Crippen LogP contribution in [0.2, 0.25) is 0 Å². The topological polar surface area (TPSA) is 25.8 Å². The molecule has 1 aromatic heterocycles. The molecule has 0 fully saturated rings. The second-order valence-electron chi connectivity index (χ2n) is 4.37. The van der Waals surface area contributed by atoms with Crippen molar-refractivity contribution < 1.29 is 0 Å². The Morgan fingerprint density at radius 2 is 2.00 bits per heavy atom. The number of rotatable bonds is 2. The van der Waals surface area contributed by atoms with Crippen molar-refractivity contribution in [3.05, 3.63) is 23.8 Å². The summed E-state index contributed by atoms with van der Waals surface area (Å²) in [5.41, 5.74) is 1.21. The first kappa shape index (κ1) is 10.2. The van der Waals surface area contributed by atoms with E-state index in [0.717, 1.165) is 24.4 Å². The lowest BCUT2D eigenvalue weighted by Gasteiger charge is -2.16. The summed E-state index contributed by atoms with van der Waals surface area (Å²) in [6.07, 6.45) is 4.05. The highest BCUT2D eigenvalue weighted by Gasteiger charge is 2.16. The van der Waals surface area contributed by atoms with Crippen LogP contribution in [-0.2, 0) is 11.8 Å². The molecule has 1 rings (SSSR count). The Morgan fingerprint density at radius 3 is 2.54 bits per heavy atom. The van der Waals surface area contributed by atoms with Crippen LogP contribution in [0.5, 0.6) is 0 Å². The Labute approximate surface area is 80.4 Å². The maximum absolute atomic E-state index is 4.52. The SMILES string of the molecule is CCCc1ccnc(C(C)(C)C)n1. The molecule has 0 spiro atoms. The van der Waals surface area contributed by atoms with E-state index in [9.17, 15) is 0 Å². The van der Waals surface area contributed by atoms with Crippen molar-refractivity contribution in [1.82, 2.24) is 9.97 Å². The quantitative estimate of drug-likeness (QED) is 0.696. The zero-order chi connectivity index (χ0) is 9.90. The van der Waals surface area contributed by atoms with E-state index in [1.807, 2.05) is 12.3 Å². The summed E-state index contributed by atoms with van der Waals surface area (Å²) in [4.78, 5) is 8.80. The van der Waals surface area contributed by atoms with Crippen LogP contribution in [-0.4, -0.2) is 9.97 Å². The minimum atomic E-state index is 0.0593. The second-order valence-corrected chi connectivity index (χ2v) is 4.37. The van der Waals surface area contributed by atoms with Gasteiger partial charge < -0.3 is 0 Å². The van der Waals surface area contributed by atoms with Gasteiger partial charge in [0.05, 0.1) is 0 Å². The van der Waals surface area contributed by atoms with Gasteiger partial charge in [-0.15, -0.1) is 0 Å². The van der Waals surface area contributed by atoms with Gasteiger partial charge in [0, 0.05) is 17.3 Å². The fourth-order valence-corrected chi connectivity index (χ4v) is 1.15. The van der Waals surface area contributed by atoms with Gasteiger partial charge in [0.25, 0.3) is 0 Å². The fourth-order valence-electron chi connectivity index (χ4n) is 1.15. The molecule has 2 heteroatoms. The molecule has 0 aromatic carbocycles. The Hall–Kier alpha value is -0.920. The molecule has 0 aliphatic heterocycles. The first-order chi connectivity index (χ1) is 6.04. The normalized spacial score (nSPS) is 11.7. The summed E-state index contributed by atoms with van der Waals surface area (Å²) >= 11 is 0. The summed E-state index contributed by atoms with van der Waals surface area (Å²) in [5.74, 6) is 0.943. The molecule has 0 bridgehead atoms. The van der Waals surface area contributed by atoms with Crippen LogP contribution in [0.25, 0.3) is 0 Å². The van der Waals surface area contributed by atoms with Gasteiger partial charge in [-0.05, 0) is 12.5 Å². The molecule has 13 heavy (non-hydrogen) atoms. The summed E-state index contributed by atoms with van der Waals surface area (Å²) in [5, 5.41) is 0. The van der Waals surface area contributed by atoms with Crippen molar-refractivity contribution in [2.75, 3.05) is 0 Å². The van der Waals surface area contributed by atoms with E-state index in [2.05, 4.69) is 37.7 Å². The fraction of sp³-hybridized carbons (Fsp3) is 0.636. The third-order valence-electron chi connectivity index (χ3n) is 1.89. The number of aryl methyl sites for hydroxylation is 1. The number of hydrogen-bond donors (Lipinski definition) is 0. The lowest BCUT2D eigenvalue weighted by molar-refractivity contribution is 0.540. The predicted molar refractivity (Wildman–Crippen MR) is 54.7 cm³/mol. The van der Waals surface area contributed by atoms with Gasteiger partial charge in [0.2, 0.25) is 0 Å². The minimum absolute atomic E-state index is 0.0593. The highest BCUT2D eigenvalue weighted by Crippen LogP contribution is 2.17. The molecule has 0 radical (unpaired) electrons. The average molecular weight is 178 g/mol. The molecule has 0 atom stereocenters. The molecule has 0 aliphatic rings. The standard InChI is InChI=1S/C11H18N2/c1-5-6-9-7-8-12-10(13-9)11(2,3)4/h7-8H,5-6H2,1-4H3. The van der Waals surface area contributed by atoms with E-state index >= 15 is 0 Å². The monoisotopic (exact) mass is 178 g/mol. The molecule has 0 saturated carbocycles. The molecular formula is C11H18N2. The molecular weight excluding hydrogens is 160 g/mol. The van der Waals surface area contributed by atoms with E-state index in [1.54, 1.807) is 0 Å². The number of hydrogen-bond acceptors (Lipinski definition) is 2. The number of aromatic nitrogens is 2. The highest BCUT2D eigenvalue weighted by atomic mass is 14.9. The Bertz CT molecular complexity index is 274. The van der Waals surface area contributed by atoms with Crippen LogP contribution in [0.15, 0.2) is 12.3 Å². The lowest BCUT2D eigenvalue weighted by atomic mass is 9.95. The zero-order valence-corrected chi connectivity index (χ0v) is 8.96. The molecule has 1 aromatic rings. The Morgan fingerprint density at radius 1 is 1.31 bits per heavy atom. The summed E-state index contributed by atoms with van der Waals surface area (Å²) in [6, 6.07) is 2.00. The summed E-state index contributed by atoms with van der Waals surface area (Å²) in [7, 11) is 0. The third kappa shape index (κ3) is 2.79. The van der Waals surface area contributed by atoms with Gasteiger partial charge >= 0.3 is 0 Å². The van der Waals surface area contributed by atoms with Crippen LogP contribution in [0.1, 0.15) is 45.6 Å².